The number of hydrogen-bond acceptors (Lipinski definition) is 2. The zero-order valence-corrected chi connectivity index (χ0v) is 8.62. The molecule has 6 heteroatoms. The number of aromatic amines is 1. The van der Waals surface area contributed by atoms with Crippen molar-refractivity contribution in [1.82, 2.24) is 9.97 Å². The maximum atomic E-state index is 13.5. The Hall–Kier alpha value is -1.69. The van der Waals surface area contributed by atoms with Crippen molar-refractivity contribution in [3.05, 3.63) is 46.6 Å². The molecule has 2 aromatic rings. The number of halogens is 3. The second-order valence-corrected chi connectivity index (χ2v) is 3.41. The molecule has 0 radical (unpaired) electrons. The minimum atomic E-state index is -0.865. The van der Waals surface area contributed by atoms with Gasteiger partial charge in [0.25, 0.3) is 0 Å². The molecule has 0 spiro atoms. The molecule has 1 N–H and O–H groups in total. The predicted molar refractivity (Wildman–Crippen MR) is 54.7 cm³/mol. The van der Waals surface area contributed by atoms with Gasteiger partial charge in [-0.2, -0.15) is 0 Å². The Morgan fingerprint density at radius 1 is 1.19 bits per heavy atom. The summed E-state index contributed by atoms with van der Waals surface area (Å²) in [4.78, 5) is 5.94. The number of nitrogens with zero attached hydrogens (tertiary/aromatic N) is 1. The predicted octanol–water partition coefficient (Wildman–Crippen LogP) is 3.22. The molecule has 0 amide bonds. The van der Waals surface area contributed by atoms with Crippen molar-refractivity contribution in [3.8, 4) is 11.3 Å². The summed E-state index contributed by atoms with van der Waals surface area (Å²) in [6, 6.07) is 2.84. The van der Waals surface area contributed by atoms with Gasteiger partial charge in [0.15, 0.2) is 10.5 Å². The van der Waals surface area contributed by atoms with Gasteiger partial charge in [0.05, 0.1) is 12.0 Å². The van der Waals surface area contributed by atoms with E-state index in [2.05, 4.69) is 22.2 Å². The Balaban J connectivity index is 2.68. The van der Waals surface area contributed by atoms with Crippen molar-refractivity contribution >= 4 is 12.2 Å². The van der Waals surface area contributed by atoms with Crippen molar-refractivity contribution in [2.45, 2.75) is 0 Å². The molecule has 0 bridgehead atoms. The monoisotopic (exact) mass is 242 g/mol. The molecule has 0 unspecified atom stereocenters. The Bertz CT molecular complexity index is 595. The van der Waals surface area contributed by atoms with Gasteiger partial charge in [0.1, 0.15) is 11.6 Å². The summed E-state index contributed by atoms with van der Waals surface area (Å²) in [5.41, 5.74) is -0.232. The summed E-state index contributed by atoms with van der Waals surface area (Å²) in [6.07, 6.45) is 1.16. The minimum absolute atomic E-state index is 0.0904. The standard InChI is InChI=1S/C10H5F3N2S/c11-5-1-2-6(7(12)3-5)9-8(13)10(16)15-4-14-9/h1-4H,(H,14,15,16). The third-order valence-corrected chi connectivity index (χ3v) is 2.28. The normalized spacial score (nSPS) is 10.4. The maximum absolute atomic E-state index is 13.5. The molecular weight excluding hydrogens is 237 g/mol. The molecule has 0 aliphatic carbocycles. The molecule has 0 saturated carbocycles. The first-order valence-corrected chi connectivity index (χ1v) is 4.69. The second-order valence-electron chi connectivity index (χ2n) is 3.02. The molecule has 0 saturated heterocycles. The van der Waals surface area contributed by atoms with Gasteiger partial charge < -0.3 is 4.98 Å². The van der Waals surface area contributed by atoms with Gasteiger partial charge in [0.2, 0.25) is 0 Å². The molecule has 82 valence electrons. The number of aromatic nitrogens is 2. The smallest absolute Gasteiger partial charge is 0.184 e. The first-order valence-electron chi connectivity index (χ1n) is 4.28. The van der Waals surface area contributed by atoms with E-state index in [0.29, 0.717) is 6.07 Å². The molecular formula is C10H5F3N2S. The lowest BCUT2D eigenvalue weighted by molar-refractivity contribution is 0.580. The van der Waals surface area contributed by atoms with Gasteiger partial charge in [-0.1, -0.05) is 12.2 Å². The van der Waals surface area contributed by atoms with Gasteiger partial charge in [-0.05, 0) is 12.1 Å². The average molecular weight is 242 g/mol. The second kappa shape index (κ2) is 4.05. The number of benzene rings is 1. The summed E-state index contributed by atoms with van der Waals surface area (Å²) in [5.74, 6) is -2.42. The summed E-state index contributed by atoms with van der Waals surface area (Å²) in [5, 5.41) is 0. The van der Waals surface area contributed by atoms with E-state index in [1.165, 1.54) is 0 Å². The van der Waals surface area contributed by atoms with Crippen LogP contribution < -0.4 is 0 Å². The number of H-pyrrole nitrogens is 1. The Labute approximate surface area is 93.8 Å². The topological polar surface area (TPSA) is 28.7 Å². The van der Waals surface area contributed by atoms with Crippen LogP contribution in [0.1, 0.15) is 0 Å². The highest BCUT2D eigenvalue weighted by Gasteiger charge is 2.12. The number of nitrogens with one attached hydrogen (secondary N) is 1. The van der Waals surface area contributed by atoms with Crippen LogP contribution in [-0.2, 0) is 0 Å². The fraction of sp³-hybridized carbons (Fsp3) is 0. The average Bonchev–Trinajstić information content (AvgIpc) is 2.23. The van der Waals surface area contributed by atoms with Crippen LogP contribution in [0.25, 0.3) is 11.3 Å². The molecule has 1 aromatic heterocycles. The van der Waals surface area contributed by atoms with E-state index >= 15 is 0 Å². The van der Waals surface area contributed by atoms with Gasteiger partial charge in [-0.15, -0.1) is 0 Å². The summed E-state index contributed by atoms with van der Waals surface area (Å²) < 4.78 is 39.3. The number of rotatable bonds is 1. The van der Waals surface area contributed by atoms with Crippen LogP contribution in [0, 0.1) is 22.1 Å². The molecule has 2 rings (SSSR count). The van der Waals surface area contributed by atoms with Crippen LogP contribution in [0.4, 0.5) is 13.2 Å². The van der Waals surface area contributed by atoms with Crippen molar-refractivity contribution < 1.29 is 13.2 Å². The van der Waals surface area contributed by atoms with Crippen molar-refractivity contribution in [3.63, 3.8) is 0 Å². The van der Waals surface area contributed by atoms with Crippen molar-refractivity contribution in [2.75, 3.05) is 0 Å². The molecule has 1 heterocycles. The van der Waals surface area contributed by atoms with Crippen LogP contribution in [0.2, 0.25) is 0 Å². The quantitative estimate of drug-likeness (QED) is 0.778. The molecule has 1 aromatic carbocycles. The van der Waals surface area contributed by atoms with Crippen LogP contribution in [-0.4, -0.2) is 9.97 Å². The van der Waals surface area contributed by atoms with E-state index in [1.54, 1.807) is 0 Å². The van der Waals surface area contributed by atoms with E-state index in [1.807, 2.05) is 0 Å². The highest BCUT2D eigenvalue weighted by molar-refractivity contribution is 7.71. The Morgan fingerprint density at radius 2 is 1.94 bits per heavy atom. The lowest BCUT2D eigenvalue weighted by Gasteiger charge is -2.04. The SMILES string of the molecule is Fc1ccc(-c2[nH]cnc(=S)c2F)c(F)c1. The van der Waals surface area contributed by atoms with Gasteiger partial charge in [0, 0.05) is 11.6 Å². The molecule has 0 fully saturated rings. The van der Waals surface area contributed by atoms with Crippen LogP contribution >= 0.6 is 12.2 Å². The van der Waals surface area contributed by atoms with Gasteiger partial charge in [-0.3, -0.25) is 0 Å². The number of hydrogen-bond donors (Lipinski definition) is 1. The fourth-order valence-corrected chi connectivity index (χ4v) is 1.43. The van der Waals surface area contributed by atoms with E-state index in [-0.39, 0.29) is 15.9 Å². The third-order valence-electron chi connectivity index (χ3n) is 2.00. The highest BCUT2D eigenvalue weighted by Crippen LogP contribution is 2.23. The van der Waals surface area contributed by atoms with Gasteiger partial charge in [-0.25, -0.2) is 18.2 Å². The van der Waals surface area contributed by atoms with E-state index in [0.717, 1.165) is 18.5 Å². The zero-order chi connectivity index (χ0) is 11.7. The van der Waals surface area contributed by atoms with Crippen LogP contribution in [0.15, 0.2) is 24.5 Å². The minimum Gasteiger partial charge on any atom is -0.343 e. The summed E-state index contributed by atoms with van der Waals surface area (Å²) in [6.45, 7) is 0. The van der Waals surface area contributed by atoms with Crippen LogP contribution in [0.5, 0.6) is 0 Å². The Kier molecular flexibility index (Phi) is 2.74. The molecule has 0 atom stereocenters. The first kappa shape index (κ1) is 10.8. The summed E-state index contributed by atoms with van der Waals surface area (Å²) in [7, 11) is 0. The maximum Gasteiger partial charge on any atom is 0.184 e. The highest BCUT2D eigenvalue weighted by atomic mass is 32.1. The van der Waals surface area contributed by atoms with Gasteiger partial charge >= 0.3 is 0 Å². The molecule has 16 heavy (non-hydrogen) atoms. The van der Waals surface area contributed by atoms with E-state index < -0.39 is 17.5 Å². The fourth-order valence-electron chi connectivity index (χ4n) is 1.27. The molecule has 0 aliphatic rings. The van der Waals surface area contributed by atoms with Crippen molar-refractivity contribution in [1.29, 1.82) is 0 Å². The van der Waals surface area contributed by atoms with Crippen molar-refractivity contribution in [2.24, 2.45) is 0 Å². The lowest BCUT2D eigenvalue weighted by Crippen LogP contribution is -1.95. The van der Waals surface area contributed by atoms with Crippen LogP contribution in [0.3, 0.4) is 0 Å². The third kappa shape index (κ3) is 1.83. The largest absolute Gasteiger partial charge is 0.343 e. The summed E-state index contributed by atoms with van der Waals surface area (Å²) >= 11 is 4.61. The zero-order valence-electron chi connectivity index (χ0n) is 7.80. The van der Waals surface area contributed by atoms with E-state index in [9.17, 15) is 13.2 Å². The molecule has 0 aliphatic heterocycles. The Morgan fingerprint density at radius 3 is 2.62 bits per heavy atom. The molecule has 2 nitrogen and oxygen atoms in total. The first-order chi connectivity index (χ1) is 7.59. The lowest BCUT2D eigenvalue weighted by atomic mass is 10.1. The van der Waals surface area contributed by atoms with E-state index in [4.69, 9.17) is 0 Å².